The van der Waals surface area contributed by atoms with Crippen LogP contribution >= 0.6 is 0 Å². The fourth-order valence-electron chi connectivity index (χ4n) is 3.34. The quantitative estimate of drug-likeness (QED) is 0.206. The molecule has 4 atom stereocenters. The number of nitrogens with zero attached hydrogens (tertiary/aromatic N) is 3. The van der Waals surface area contributed by atoms with Crippen molar-refractivity contribution in [2.24, 2.45) is 5.11 Å². The summed E-state index contributed by atoms with van der Waals surface area (Å²) >= 11 is 0. The number of ether oxygens (including phenoxy) is 4. The highest BCUT2D eigenvalue weighted by molar-refractivity contribution is 7.86. The van der Waals surface area contributed by atoms with Gasteiger partial charge in [-0.3, -0.25) is 8.98 Å². The molecule has 2 heterocycles. The zero-order chi connectivity index (χ0) is 22.2. The van der Waals surface area contributed by atoms with E-state index in [1.54, 1.807) is 26.0 Å². The number of fused-ring (bicyclic) bond motifs is 1. The highest BCUT2D eigenvalue weighted by Gasteiger charge is 2.62. The highest BCUT2D eigenvalue weighted by Crippen LogP contribution is 2.44. The van der Waals surface area contributed by atoms with Crippen molar-refractivity contribution in [1.82, 2.24) is 0 Å². The van der Waals surface area contributed by atoms with Crippen LogP contribution in [-0.2, 0) is 38.0 Å². The average Bonchev–Trinajstić information content (AvgIpc) is 3.09. The SMILES string of the molecule is CC(=O)OC[C@@]1(COS(=O)(=O)c2ccc(C)cc2)O[C@@H]2OC(C)(C)O[C@@H]2[C@@H]1N=[N+]=[N-]. The number of rotatable bonds is 7. The normalized spacial score (nSPS) is 29.8. The number of carbonyl (C=O) groups excluding carboxylic acids is 1. The summed E-state index contributed by atoms with van der Waals surface area (Å²) in [5, 5.41) is 3.73. The van der Waals surface area contributed by atoms with Gasteiger partial charge >= 0.3 is 5.97 Å². The van der Waals surface area contributed by atoms with Crippen molar-refractivity contribution in [3.63, 3.8) is 0 Å². The summed E-state index contributed by atoms with van der Waals surface area (Å²) in [5.74, 6) is -1.63. The predicted molar refractivity (Wildman–Crippen MR) is 102 cm³/mol. The van der Waals surface area contributed by atoms with E-state index in [4.69, 9.17) is 28.7 Å². The summed E-state index contributed by atoms with van der Waals surface area (Å²) < 4.78 is 52.9. The Morgan fingerprint density at radius 1 is 1.20 bits per heavy atom. The minimum absolute atomic E-state index is 0.0529. The van der Waals surface area contributed by atoms with Gasteiger partial charge in [0, 0.05) is 11.8 Å². The molecule has 2 aliphatic rings. The van der Waals surface area contributed by atoms with E-state index >= 15 is 0 Å². The first-order valence-electron chi connectivity index (χ1n) is 9.15. The third kappa shape index (κ3) is 4.59. The Kier molecular flexibility index (Phi) is 6.10. The molecule has 30 heavy (non-hydrogen) atoms. The lowest BCUT2D eigenvalue weighted by molar-refractivity contribution is -0.239. The van der Waals surface area contributed by atoms with E-state index in [2.05, 4.69) is 10.0 Å². The lowest BCUT2D eigenvalue weighted by Crippen LogP contribution is -2.51. The molecule has 0 saturated carbocycles. The van der Waals surface area contributed by atoms with Gasteiger partial charge in [0.2, 0.25) is 0 Å². The van der Waals surface area contributed by atoms with Crippen LogP contribution in [0, 0.1) is 6.92 Å². The van der Waals surface area contributed by atoms with Crippen molar-refractivity contribution < 1.29 is 36.3 Å². The molecular formula is C18H23N3O8S. The molecule has 11 nitrogen and oxygen atoms in total. The molecule has 2 fully saturated rings. The molecule has 2 aliphatic heterocycles. The van der Waals surface area contributed by atoms with Gasteiger partial charge < -0.3 is 18.9 Å². The van der Waals surface area contributed by atoms with Gasteiger partial charge in [-0.2, -0.15) is 8.42 Å². The topological polar surface area (TPSA) is 146 Å². The number of hydrogen-bond donors (Lipinski definition) is 0. The molecule has 164 valence electrons. The fourth-order valence-corrected chi connectivity index (χ4v) is 4.30. The molecule has 3 rings (SSSR count). The van der Waals surface area contributed by atoms with Crippen LogP contribution in [0.5, 0.6) is 0 Å². The van der Waals surface area contributed by atoms with E-state index in [1.165, 1.54) is 19.1 Å². The zero-order valence-corrected chi connectivity index (χ0v) is 17.8. The molecule has 1 aromatic rings. The molecule has 12 heteroatoms. The molecule has 0 aliphatic carbocycles. The predicted octanol–water partition coefficient (Wildman–Crippen LogP) is 2.19. The Hall–Kier alpha value is -2.21. The van der Waals surface area contributed by atoms with E-state index in [9.17, 15) is 13.2 Å². The number of esters is 1. The van der Waals surface area contributed by atoms with E-state index in [-0.39, 0.29) is 4.90 Å². The first-order chi connectivity index (χ1) is 14.0. The minimum atomic E-state index is -4.16. The molecule has 2 saturated heterocycles. The Labute approximate surface area is 173 Å². The first kappa shape index (κ1) is 22.5. The molecule has 0 unspecified atom stereocenters. The fraction of sp³-hybridized carbons (Fsp3) is 0.611. The van der Waals surface area contributed by atoms with Gasteiger partial charge in [0.05, 0.1) is 11.5 Å². The van der Waals surface area contributed by atoms with Crippen molar-refractivity contribution in [1.29, 1.82) is 0 Å². The highest BCUT2D eigenvalue weighted by atomic mass is 32.2. The maximum absolute atomic E-state index is 12.6. The lowest BCUT2D eigenvalue weighted by Gasteiger charge is -2.33. The second kappa shape index (κ2) is 8.14. The molecule has 0 aromatic heterocycles. The van der Waals surface area contributed by atoms with Crippen molar-refractivity contribution in [3.05, 3.63) is 40.3 Å². The number of azide groups is 1. The lowest BCUT2D eigenvalue weighted by atomic mass is 9.95. The van der Waals surface area contributed by atoms with Crippen molar-refractivity contribution in [3.8, 4) is 0 Å². The van der Waals surface area contributed by atoms with Gasteiger partial charge in [-0.15, -0.1) is 0 Å². The van der Waals surface area contributed by atoms with Gasteiger partial charge in [-0.25, -0.2) is 0 Å². The molecule has 0 bridgehead atoms. The van der Waals surface area contributed by atoms with E-state index in [0.717, 1.165) is 5.56 Å². The summed E-state index contributed by atoms with van der Waals surface area (Å²) in [4.78, 5) is 14.2. The number of benzene rings is 1. The molecule has 1 aromatic carbocycles. The molecular weight excluding hydrogens is 418 g/mol. The second-order valence-electron chi connectivity index (χ2n) is 7.61. The molecule has 0 radical (unpaired) electrons. The van der Waals surface area contributed by atoms with Crippen molar-refractivity contribution >= 4 is 16.1 Å². The Morgan fingerprint density at radius 3 is 2.47 bits per heavy atom. The van der Waals surface area contributed by atoms with Crippen LogP contribution in [0.25, 0.3) is 10.4 Å². The number of aryl methyl sites for hydroxylation is 1. The van der Waals surface area contributed by atoms with Gasteiger partial charge in [-0.1, -0.05) is 22.8 Å². The zero-order valence-electron chi connectivity index (χ0n) is 17.0. The largest absolute Gasteiger partial charge is 0.463 e. The van der Waals surface area contributed by atoms with Crippen molar-refractivity contribution in [2.75, 3.05) is 13.2 Å². The first-order valence-corrected chi connectivity index (χ1v) is 10.6. The van der Waals surface area contributed by atoms with Crippen LogP contribution in [0.3, 0.4) is 0 Å². The number of carbonyl (C=O) groups is 1. The maximum Gasteiger partial charge on any atom is 0.302 e. The van der Waals surface area contributed by atoms with Crippen LogP contribution in [0.2, 0.25) is 0 Å². The van der Waals surface area contributed by atoms with Gasteiger partial charge in [0.15, 0.2) is 12.1 Å². The van der Waals surface area contributed by atoms with Crippen LogP contribution in [-0.4, -0.2) is 57.4 Å². The molecule has 0 spiro atoms. The smallest absolute Gasteiger partial charge is 0.302 e. The third-order valence-corrected chi connectivity index (χ3v) is 6.03. The van der Waals surface area contributed by atoms with Crippen LogP contribution in [0.4, 0.5) is 0 Å². The third-order valence-electron chi connectivity index (χ3n) is 4.75. The van der Waals surface area contributed by atoms with Crippen LogP contribution in [0.1, 0.15) is 26.3 Å². The van der Waals surface area contributed by atoms with Gasteiger partial charge in [0.1, 0.15) is 24.4 Å². The summed E-state index contributed by atoms with van der Waals surface area (Å²) in [6.45, 7) is 5.33. The van der Waals surface area contributed by atoms with E-state index < -0.39 is 59.1 Å². The number of hydrogen-bond acceptors (Lipinski definition) is 9. The monoisotopic (exact) mass is 441 g/mol. The Morgan fingerprint density at radius 2 is 1.87 bits per heavy atom. The van der Waals surface area contributed by atoms with Gasteiger partial charge in [-0.05, 0) is 38.4 Å². The summed E-state index contributed by atoms with van der Waals surface area (Å²) in [7, 11) is -4.16. The van der Waals surface area contributed by atoms with Crippen molar-refractivity contribution in [2.45, 2.75) is 62.4 Å². The van der Waals surface area contributed by atoms with E-state index in [0.29, 0.717) is 0 Å². The Balaban J connectivity index is 1.89. The van der Waals surface area contributed by atoms with E-state index in [1.807, 2.05) is 6.92 Å². The molecule has 0 N–H and O–H groups in total. The van der Waals surface area contributed by atoms with Crippen LogP contribution in [0.15, 0.2) is 34.3 Å². The minimum Gasteiger partial charge on any atom is -0.463 e. The molecule has 0 amide bonds. The average molecular weight is 441 g/mol. The summed E-state index contributed by atoms with van der Waals surface area (Å²) in [6.07, 6.45) is -1.80. The van der Waals surface area contributed by atoms with Gasteiger partial charge in [0.25, 0.3) is 10.1 Å². The summed E-state index contributed by atoms with van der Waals surface area (Å²) in [5.41, 5.74) is 8.32. The standard InChI is InChI=1S/C18H23N3O8S/c1-11-5-7-13(8-6-11)30(23,24)26-10-18(9-25-12(2)22)15(20-21-19)14-16(29-18)28-17(3,4)27-14/h5-8,14-16H,9-10H2,1-4H3/t14-,15+,16+,18+/m1/s1. The summed E-state index contributed by atoms with van der Waals surface area (Å²) in [6, 6.07) is 5.02. The maximum atomic E-state index is 12.6. The van der Waals surface area contributed by atoms with Crippen LogP contribution < -0.4 is 0 Å². The second-order valence-corrected chi connectivity index (χ2v) is 9.23. The Bertz CT molecular complexity index is 958.